The fraction of sp³-hybridized carbons (Fsp3) is 0.647. The van der Waals surface area contributed by atoms with E-state index in [-0.39, 0.29) is 29.2 Å². The lowest BCUT2D eigenvalue weighted by atomic mass is 9.76. The maximum Gasteiger partial charge on any atom is 0.274 e. The molecule has 6 heteroatoms. The third-order valence-corrected chi connectivity index (χ3v) is 5.06. The van der Waals surface area contributed by atoms with E-state index in [1.165, 1.54) is 12.4 Å². The minimum Gasteiger partial charge on any atom is -0.354 e. The van der Waals surface area contributed by atoms with Crippen LogP contribution in [0.4, 0.5) is 0 Å². The Bertz CT molecular complexity index is 582. The van der Waals surface area contributed by atoms with E-state index < -0.39 is 0 Å². The zero-order valence-electron chi connectivity index (χ0n) is 13.8. The zero-order valence-corrected chi connectivity index (χ0v) is 13.8. The van der Waals surface area contributed by atoms with Gasteiger partial charge < -0.3 is 10.2 Å². The molecule has 0 aromatic carbocycles. The van der Waals surface area contributed by atoms with Crippen LogP contribution < -0.4 is 5.32 Å². The van der Waals surface area contributed by atoms with Crippen LogP contribution in [-0.4, -0.2) is 45.8 Å². The van der Waals surface area contributed by atoms with Gasteiger partial charge in [0, 0.05) is 36.9 Å². The van der Waals surface area contributed by atoms with Crippen molar-refractivity contribution in [3.63, 3.8) is 0 Å². The van der Waals surface area contributed by atoms with Gasteiger partial charge in [-0.3, -0.25) is 14.6 Å². The van der Waals surface area contributed by atoms with Crippen LogP contribution in [0.25, 0.3) is 0 Å². The zero-order chi connectivity index (χ0) is 16.4. The highest BCUT2D eigenvalue weighted by atomic mass is 16.2. The van der Waals surface area contributed by atoms with Gasteiger partial charge in [-0.25, -0.2) is 4.98 Å². The van der Waals surface area contributed by atoms with Crippen molar-refractivity contribution in [3.05, 3.63) is 24.3 Å². The average Bonchev–Trinajstić information content (AvgIpc) is 3.15. The Morgan fingerprint density at radius 2 is 2.04 bits per heavy atom. The van der Waals surface area contributed by atoms with Gasteiger partial charge in [-0.2, -0.15) is 0 Å². The predicted octanol–water partition coefficient (Wildman–Crippen LogP) is 1.63. The predicted molar refractivity (Wildman–Crippen MR) is 85.6 cm³/mol. The lowest BCUT2D eigenvalue weighted by Gasteiger charge is -2.29. The quantitative estimate of drug-likeness (QED) is 0.920. The first-order valence-electron chi connectivity index (χ1n) is 8.37. The highest BCUT2D eigenvalue weighted by Crippen LogP contribution is 2.49. The summed E-state index contributed by atoms with van der Waals surface area (Å²) in [6.45, 7) is 5.07. The van der Waals surface area contributed by atoms with E-state index in [0.717, 1.165) is 25.7 Å². The molecule has 1 unspecified atom stereocenters. The summed E-state index contributed by atoms with van der Waals surface area (Å²) in [7, 11) is 0. The minimum atomic E-state index is -0.121. The molecule has 6 nitrogen and oxygen atoms in total. The molecule has 3 rings (SSSR count). The summed E-state index contributed by atoms with van der Waals surface area (Å²) in [6, 6.07) is 0.116. The van der Waals surface area contributed by atoms with Crippen molar-refractivity contribution in [3.8, 4) is 0 Å². The van der Waals surface area contributed by atoms with E-state index >= 15 is 0 Å². The molecule has 124 valence electrons. The molecule has 2 amide bonds. The van der Waals surface area contributed by atoms with Gasteiger partial charge in [0.25, 0.3) is 5.91 Å². The van der Waals surface area contributed by atoms with E-state index in [0.29, 0.717) is 18.8 Å². The van der Waals surface area contributed by atoms with Crippen molar-refractivity contribution in [2.45, 2.75) is 45.6 Å². The Kier molecular flexibility index (Phi) is 4.33. The Morgan fingerprint density at radius 1 is 1.30 bits per heavy atom. The molecule has 1 saturated carbocycles. The molecule has 23 heavy (non-hydrogen) atoms. The molecule has 0 bridgehead atoms. The molecule has 1 aliphatic heterocycles. The second-order valence-electron chi connectivity index (χ2n) is 7.06. The van der Waals surface area contributed by atoms with Crippen molar-refractivity contribution in [2.24, 2.45) is 11.3 Å². The van der Waals surface area contributed by atoms with Crippen LogP contribution in [0.2, 0.25) is 0 Å². The number of nitrogens with zero attached hydrogens (tertiary/aromatic N) is 3. The third-order valence-electron chi connectivity index (χ3n) is 5.06. The first-order chi connectivity index (χ1) is 11.0. The number of carbonyl (C=O) groups is 2. The van der Waals surface area contributed by atoms with Crippen LogP contribution in [0.15, 0.2) is 18.6 Å². The Labute approximate surface area is 136 Å². The molecule has 1 saturated heterocycles. The average molecular weight is 316 g/mol. The lowest BCUT2D eigenvalue weighted by Crippen LogP contribution is -2.42. The SMILES string of the molecule is CC(C)NC(=O)C1CN(C(=O)c2cnccn2)CC12CCCC2. The van der Waals surface area contributed by atoms with Crippen molar-refractivity contribution in [1.82, 2.24) is 20.2 Å². The van der Waals surface area contributed by atoms with Crippen LogP contribution in [-0.2, 0) is 4.79 Å². The molecule has 2 aliphatic rings. The number of aromatic nitrogens is 2. The van der Waals surface area contributed by atoms with Gasteiger partial charge in [-0.05, 0) is 26.7 Å². The van der Waals surface area contributed by atoms with Crippen LogP contribution in [0.5, 0.6) is 0 Å². The van der Waals surface area contributed by atoms with Crippen molar-refractivity contribution >= 4 is 11.8 Å². The van der Waals surface area contributed by atoms with Gasteiger partial charge in [0.2, 0.25) is 5.91 Å². The fourth-order valence-corrected chi connectivity index (χ4v) is 4.03. The highest BCUT2D eigenvalue weighted by molar-refractivity contribution is 5.93. The van der Waals surface area contributed by atoms with Gasteiger partial charge in [-0.15, -0.1) is 0 Å². The molecule has 1 aliphatic carbocycles. The molecule has 1 spiro atoms. The van der Waals surface area contributed by atoms with Crippen molar-refractivity contribution < 1.29 is 9.59 Å². The molecule has 2 fully saturated rings. The number of hydrogen-bond donors (Lipinski definition) is 1. The van der Waals surface area contributed by atoms with E-state index in [1.54, 1.807) is 11.1 Å². The molecule has 1 aromatic heterocycles. The number of carbonyl (C=O) groups excluding carboxylic acids is 2. The number of likely N-dealkylation sites (tertiary alicyclic amines) is 1. The smallest absolute Gasteiger partial charge is 0.274 e. The molecular weight excluding hydrogens is 292 g/mol. The summed E-state index contributed by atoms with van der Waals surface area (Å²) in [5.74, 6) is -0.159. The summed E-state index contributed by atoms with van der Waals surface area (Å²) < 4.78 is 0. The van der Waals surface area contributed by atoms with Gasteiger partial charge in [0.15, 0.2) is 0 Å². The topological polar surface area (TPSA) is 75.2 Å². The number of amides is 2. The molecule has 0 radical (unpaired) electrons. The Balaban J connectivity index is 1.80. The van der Waals surface area contributed by atoms with Gasteiger partial charge in [0.1, 0.15) is 5.69 Å². The van der Waals surface area contributed by atoms with E-state index in [4.69, 9.17) is 0 Å². The van der Waals surface area contributed by atoms with E-state index in [9.17, 15) is 9.59 Å². The van der Waals surface area contributed by atoms with Crippen LogP contribution in [0, 0.1) is 11.3 Å². The minimum absolute atomic E-state index is 0.0587. The normalized spacial score (nSPS) is 22.7. The Hall–Kier alpha value is -1.98. The second-order valence-corrected chi connectivity index (χ2v) is 7.06. The molecular formula is C17H24N4O2. The summed E-state index contributed by atoms with van der Waals surface area (Å²) >= 11 is 0. The molecule has 1 aromatic rings. The summed E-state index contributed by atoms with van der Waals surface area (Å²) in [4.78, 5) is 35.2. The standard InChI is InChI=1S/C17H24N4O2/c1-12(2)20-15(22)13-10-21(11-17(13)5-3-4-6-17)16(23)14-9-18-7-8-19-14/h7-9,12-13H,3-6,10-11H2,1-2H3,(H,20,22). The first kappa shape index (κ1) is 15.9. The third kappa shape index (κ3) is 3.07. The first-order valence-corrected chi connectivity index (χ1v) is 8.37. The molecule has 1 atom stereocenters. The van der Waals surface area contributed by atoms with Crippen molar-refractivity contribution in [2.75, 3.05) is 13.1 Å². The van der Waals surface area contributed by atoms with Crippen molar-refractivity contribution in [1.29, 1.82) is 0 Å². The highest BCUT2D eigenvalue weighted by Gasteiger charge is 2.52. The summed E-state index contributed by atoms with van der Waals surface area (Å²) in [6.07, 6.45) is 8.89. The Morgan fingerprint density at radius 3 is 2.65 bits per heavy atom. The van der Waals surface area contributed by atoms with Crippen LogP contribution in [0.3, 0.4) is 0 Å². The number of hydrogen-bond acceptors (Lipinski definition) is 4. The second kappa shape index (κ2) is 6.26. The summed E-state index contributed by atoms with van der Waals surface area (Å²) in [5.41, 5.74) is 0.294. The van der Waals surface area contributed by atoms with Crippen LogP contribution >= 0.6 is 0 Å². The van der Waals surface area contributed by atoms with E-state index in [2.05, 4.69) is 15.3 Å². The number of rotatable bonds is 3. The molecule has 2 heterocycles. The largest absolute Gasteiger partial charge is 0.354 e. The van der Waals surface area contributed by atoms with Gasteiger partial charge in [-0.1, -0.05) is 12.8 Å². The maximum absolute atomic E-state index is 12.7. The fourth-order valence-electron chi connectivity index (χ4n) is 4.03. The summed E-state index contributed by atoms with van der Waals surface area (Å²) in [5, 5.41) is 3.03. The van der Waals surface area contributed by atoms with E-state index in [1.807, 2.05) is 13.8 Å². The van der Waals surface area contributed by atoms with Gasteiger partial charge >= 0.3 is 0 Å². The number of nitrogens with one attached hydrogen (secondary N) is 1. The molecule has 1 N–H and O–H groups in total. The van der Waals surface area contributed by atoms with Gasteiger partial charge in [0.05, 0.1) is 12.1 Å². The maximum atomic E-state index is 12.7. The lowest BCUT2D eigenvalue weighted by molar-refractivity contribution is -0.128. The monoisotopic (exact) mass is 316 g/mol. The van der Waals surface area contributed by atoms with Crippen LogP contribution in [0.1, 0.15) is 50.0 Å².